The van der Waals surface area contributed by atoms with Gasteiger partial charge in [-0.05, 0) is 45.4 Å². The van der Waals surface area contributed by atoms with Crippen LogP contribution in [0.4, 0.5) is 0 Å². The number of hydrogen-bond acceptors (Lipinski definition) is 0. The van der Waals surface area contributed by atoms with Crippen LogP contribution in [-0.2, 0) is 0 Å². The first kappa shape index (κ1) is 14.2. The van der Waals surface area contributed by atoms with E-state index in [0.29, 0.717) is 0 Å². The largest absolute Gasteiger partial charge is 0.0917 e. The van der Waals surface area contributed by atoms with Gasteiger partial charge in [0.05, 0.1) is 0 Å². The molecule has 0 saturated heterocycles. The molecule has 0 spiro atoms. The van der Waals surface area contributed by atoms with Gasteiger partial charge >= 0.3 is 0 Å². The molecule has 0 saturated carbocycles. The lowest BCUT2D eigenvalue weighted by molar-refractivity contribution is 0.861. The van der Waals surface area contributed by atoms with Crippen LogP contribution in [0.1, 0.15) is 58.8 Å². The molecule has 0 radical (unpaired) electrons. The maximum atomic E-state index is 2.32. The second kappa shape index (κ2) is 13.2. The Labute approximate surface area is 95.8 Å². The van der Waals surface area contributed by atoms with Crippen molar-refractivity contribution in [2.24, 2.45) is 0 Å². The minimum absolute atomic E-state index is 1.20. The molecular weight excluding hydrogens is 180 g/mol. The van der Waals surface area contributed by atoms with Gasteiger partial charge in [0.2, 0.25) is 0 Å². The Kier molecular flexibility index (Phi) is 12.5. The summed E-state index contributed by atoms with van der Waals surface area (Å²) < 4.78 is 0. The van der Waals surface area contributed by atoms with Crippen LogP contribution in [0.3, 0.4) is 0 Å². The Hall–Kier alpha value is -0.780. The second-order valence-corrected chi connectivity index (χ2v) is 3.81. The summed E-state index contributed by atoms with van der Waals surface area (Å²) in [4.78, 5) is 0. The lowest BCUT2D eigenvalue weighted by Gasteiger charge is -1.90. The molecule has 0 aliphatic carbocycles. The van der Waals surface area contributed by atoms with E-state index in [0.717, 1.165) is 0 Å². The van der Waals surface area contributed by atoms with Crippen LogP contribution in [-0.4, -0.2) is 0 Å². The van der Waals surface area contributed by atoms with Crippen molar-refractivity contribution >= 4 is 0 Å². The number of unbranched alkanes of at least 4 members (excludes halogenated alkanes) is 4. The molecule has 0 unspecified atom stereocenters. The molecule has 0 rings (SSSR count). The topological polar surface area (TPSA) is 0 Å². The Morgan fingerprint density at radius 2 is 1.20 bits per heavy atom. The molecule has 0 bridgehead atoms. The number of allylic oxidation sites excluding steroid dienone is 6. The van der Waals surface area contributed by atoms with Gasteiger partial charge in [-0.25, -0.2) is 0 Å². The first-order valence-corrected chi connectivity index (χ1v) is 6.33. The smallest absolute Gasteiger partial charge is 0.0316 e. The fraction of sp³-hybridized carbons (Fsp3) is 0.600. The molecule has 0 heterocycles. The summed E-state index contributed by atoms with van der Waals surface area (Å²) in [5.74, 6) is 0. The van der Waals surface area contributed by atoms with Crippen LogP contribution in [0.5, 0.6) is 0 Å². The highest BCUT2D eigenvalue weighted by molar-refractivity contribution is 4.88. The maximum Gasteiger partial charge on any atom is -0.0316 e. The quantitative estimate of drug-likeness (QED) is 0.349. The van der Waals surface area contributed by atoms with Crippen molar-refractivity contribution in [3.63, 3.8) is 0 Å². The van der Waals surface area contributed by atoms with E-state index < -0.39 is 0 Å². The molecule has 0 aromatic carbocycles. The minimum Gasteiger partial charge on any atom is -0.0917 e. The third-order valence-electron chi connectivity index (χ3n) is 2.27. The molecule has 0 aromatic heterocycles. The van der Waals surface area contributed by atoms with Crippen LogP contribution in [0.15, 0.2) is 36.5 Å². The van der Waals surface area contributed by atoms with Crippen molar-refractivity contribution in [2.75, 3.05) is 0 Å². The molecule has 0 heteroatoms. The lowest BCUT2D eigenvalue weighted by Crippen LogP contribution is -1.70. The summed E-state index contributed by atoms with van der Waals surface area (Å²) in [6, 6.07) is 0. The van der Waals surface area contributed by atoms with Crippen molar-refractivity contribution < 1.29 is 0 Å². The molecule has 0 atom stereocenters. The van der Waals surface area contributed by atoms with Gasteiger partial charge in [0.25, 0.3) is 0 Å². The van der Waals surface area contributed by atoms with E-state index in [-0.39, 0.29) is 0 Å². The molecule has 0 aliphatic heterocycles. The highest BCUT2D eigenvalue weighted by Gasteiger charge is 1.80. The zero-order valence-electron chi connectivity index (χ0n) is 10.4. The van der Waals surface area contributed by atoms with E-state index >= 15 is 0 Å². The molecule has 0 aliphatic rings. The Bertz CT molecular complexity index is 184. The predicted octanol–water partition coefficient (Wildman–Crippen LogP) is 5.43. The van der Waals surface area contributed by atoms with E-state index in [2.05, 4.69) is 50.3 Å². The summed E-state index contributed by atoms with van der Waals surface area (Å²) in [7, 11) is 0. The first-order valence-electron chi connectivity index (χ1n) is 6.33. The van der Waals surface area contributed by atoms with Gasteiger partial charge < -0.3 is 0 Å². The molecule has 86 valence electrons. The van der Waals surface area contributed by atoms with E-state index in [9.17, 15) is 0 Å². The molecule has 0 nitrogen and oxygen atoms in total. The van der Waals surface area contributed by atoms with E-state index in [1.807, 2.05) is 0 Å². The van der Waals surface area contributed by atoms with Crippen molar-refractivity contribution in [3.05, 3.63) is 36.5 Å². The molecule has 0 aromatic rings. The summed E-state index contributed by atoms with van der Waals surface area (Å²) in [5.41, 5.74) is 0. The van der Waals surface area contributed by atoms with Crippen LogP contribution in [0, 0.1) is 0 Å². The van der Waals surface area contributed by atoms with Gasteiger partial charge in [-0.15, -0.1) is 0 Å². The maximum absolute atomic E-state index is 2.32. The Morgan fingerprint density at radius 1 is 0.667 bits per heavy atom. The van der Waals surface area contributed by atoms with Gasteiger partial charge in [0.1, 0.15) is 0 Å². The summed E-state index contributed by atoms with van der Waals surface area (Å²) >= 11 is 0. The second-order valence-electron chi connectivity index (χ2n) is 3.81. The SMILES string of the molecule is CC=CCCCC=CCCC=CCCC. The predicted molar refractivity (Wildman–Crippen MR) is 71.1 cm³/mol. The highest BCUT2D eigenvalue weighted by Crippen LogP contribution is 2.01. The zero-order chi connectivity index (χ0) is 11.2. The zero-order valence-corrected chi connectivity index (χ0v) is 10.4. The normalized spacial score (nSPS) is 12.4. The van der Waals surface area contributed by atoms with Gasteiger partial charge in [0, 0.05) is 0 Å². The van der Waals surface area contributed by atoms with E-state index in [1.54, 1.807) is 0 Å². The Balaban J connectivity index is 3.17. The lowest BCUT2D eigenvalue weighted by atomic mass is 10.2. The van der Waals surface area contributed by atoms with Crippen LogP contribution >= 0.6 is 0 Å². The van der Waals surface area contributed by atoms with Crippen molar-refractivity contribution in [1.82, 2.24) is 0 Å². The molecular formula is C15H26. The third-order valence-corrected chi connectivity index (χ3v) is 2.27. The minimum atomic E-state index is 1.20. The number of hydrogen-bond donors (Lipinski definition) is 0. The summed E-state index contributed by atoms with van der Waals surface area (Å²) in [5, 5.41) is 0. The van der Waals surface area contributed by atoms with Crippen molar-refractivity contribution in [3.8, 4) is 0 Å². The van der Waals surface area contributed by atoms with Gasteiger partial charge in [-0.2, -0.15) is 0 Å². The first-order chi connectivity index (χ1) is 7.41. The van der Waals surface area contributed by atoms with E-state index in [1.165, 1.54) is 44.9 Å². The summed E-state index contributed by atoms with van der Waals surface area (Å²) in [6.45, 7) is 4.30. The standard InChI is InChI=1S/C15H26/c1-3-5-7-9-11-13-15-14-12-10-8-6-4-2/h3,5,8,10,13,15H,4,6-7,9,11-12,14H2,1-2H3. The molecule has 0 fully saturated rings. The monoisotopic (exact) mass is 206 g/mol. The Morgan fingerprint density at radius 3 is 1.80 bits per heavy atom. The van der Waals surface area contributed by atoms with Gasteiger partial charge in [-0.3, -0.25) is 0 Å². The molecule has 15 heavy (non-hydrogen) atoms. The van der Waals surface area contributed by atoms with Crippen molar-refractivity contribution in [1.29, 1.82) is 0 Å². The summed E-state index contributed by atoms with van der Waals surface area (Å²) in [6.07, 6.45) is 22.2. The molecule has 0 N–H and O–H groups in total. The van der Waals surface area contributed by atoms with Crippen LogP contribution in [0.2, 0.25) is 0 Å². The fourth-order valence-corrected chi connectivity index (χ4v) is 1.35. The number of rotatable bonds is 9. The van der Waals surface area contributed by atoms with Crippen LogP contribution in [0.25, 0.3) is 0 Å². The van der Waals surface area contributed by atoms with Gasteiger partial charge in [-0.1, -0.05) is 49.8 Å². The average Bonchev–Trinajstić information content (AvgIpc) is 2.26. The van der Waals surface area contributed by atoms with Gasteiger partial charge in [0.15, 0.2) is 0 Å². The average molecular weight is 206 g/mol. The highest BCUT2D eigenvalue weighted by atomic mass is 13.9. The van der Waals surface area contributed by atoms with E-state index in [4.69, 9.17) is 0 Å². The molecule has 0 amide bonds. The fourth-order valence-electron chi connectivity index (χ4n) is 1.35. The van der Waals surface area contributed by atoms with Crippen molar-refractivity contribution in [2.45, 2.75) is 58.8 Å². The third kappa shape index (κ3) is 13.2. The van der Waals surface area contributed by atoms with Crippen LogP contribution < -0.4 is 0 Å².